The lowest BCUT2D eigenvalue weighted by molar-refractivity contribution is 0.0507. The Hall–Kier alpha value is -2.83. The van der Waals surface area contributed by atoms with Crippen LogP contribution in [0.3, 0.4) is 0 Å². The Bertz CT molecular complexity index is 938. The maximum absolute atomic E-state index is 13.4. The number of carbonyl (C=O) groups excluding carboxylic acids is 2. The maximum Gasteiger partial charge on any atom is 0.257 e. The van der Waals surface area contributed by atoms with Crippen molar-refractivity contribution < 1.29 is 14.3 Å². The number of rotatable bonds is 5. The second kappa shape index (κ2) is 9.76. The fourth-order valence-electron chi connectivity index (χ4n) is 5.20. The Morgan fingerprint density at radius 2 is 1.72 bits per heavy atom. The second-order valence-electron chi connectivity index (χ2n) is 9.03. The van der Waals surface area contributed by atoms with Gasteiger partial charge in [-0.1, -0.05) is 12.1 Å². The predicted molar refractivity (Wildman–Crippen MR) is 123 cm³/mol. The molecule has 7 nitrogen and oxygen atoms in total. The molecule has 2 fully saturated rings. The average Bonchev–Trinajstić information content (AvgIpc) is 3.29. The minimum atomic E-state index is 0.00405. The van der Waals surface area contributed by atoms with Crippen molar-refractivity contribution in [1.29, 1.82) is 0 Å². The molecule has 2 atom stereocenters. The largest absolute Gasteiger partial charge is 0.493 e. The van der Waals surface area contributed by atoms with Crippen molar-refractivity contribution in [2.45, 2.75) is 70.9 Å². The van der Waals surface area contributed by atoms with E-state index in [1.807, 2.05) is 41.0 Å². The van der Waals surface area contributed by atoms with E-state index in [1.54, 1.807) is 6.20 Å². The molecule has 1 aromatic heterocycles. The summed E-state index contributed by atoms with van der Waals surface area (Å²) in [6, 6.07) is 7.92. The zero-order valence-corrected chi connectivity index (χ0v) is 19.3. The number of piperidine rings is 2. The summed E-state index contributed by atoms with van der Waals surface area (Å²) in [5, 5.41) is 7.33. The molecule has 3 heterocycles. The fraction of sp³-hybridized carbons (Fsp3) is 0.560. The van der Waals surface area contributed by atoms with Crippen molar-refractivity contribution >= 4 is 11.8 Å². The van der Waals surface area contributed by atoms with Gasteiger partial charge in [0.05, 0.1) is 29.6 Å². The Morgan fingerprint density at radius 1 is 1.03 bits per heavy atom. The minimum Gasteiger partial charge on any atom is -0.493 e. The summed E-state index contributed by atoms with van der Waals surface area (Å²) < 4.78 is 5.64. The molecule has 0 aliphatic carbocycles. The molecule has 7 heteroatoms. The first-order valence-corrected chi connectivity index (χ1v) is 11.9. The molecule has 1 aromatic carbocycles. The zero-order chi connectivity index (χ0) is 22.7. The third kappa shape index (κ3) is 4.38. The van der Waals surface area contributed by atoms with Crippen LogP contribution in [0.4, 0.5) is 0 Å². The summed E-state index contributed by atoms with van der Waals surface area (Å²) in [5.74, 6) is 0.911. The Labute approximate surface area is 190 Å². The average molecular weight is 439 g/mol. The van der Waals surface area contributed by atoms with Crippen molar-refractivity contribution in [3.63, 3.8) is 0 Å². The summed E-state index contributed by atoms with van der Waals surface area (Å²) in [4.78, 5) is 30.4. The van der Waals surface area contributed by atoms with E-state index < -0.39 is 0 Å². The number of nitrogens with one attached hydrogen (secondary N) is 1. The number of aromatic nitrogens is 2. The second-order valence-corrected chi connectivity index (χ2v) is 9.03. The molecule has 2 amide bonds. The summed E-state index contributed by atoms with van der Waals surface area (Å²) in [6.07, 6.45) is 6.55. The first-order chi connectivity index (χ1) is 15.5. The van der Waals surface area contributed by atoms with Gasteiger partial charge >= 0.3 is 0 Å². The number of para-hydroxylation sites is 1. The third-order valence-electron chi connectivity index (χ3n) is 6.93. The van der Waals surface area contributed by atoms with Crippen LogP contribution in [0, 0.1) is 0 Å². The van der Waals surface area contributed by atoms with E-state index in [4.69, 9.17) is 4.74 Å². The zero-order valence-electron chi connectivity index (χ0n) is 19.3. The van der Waals surface area contributed by atoms with Crippen LogP contribution in [0.25, 0.3) is 0 Å². The lowest BCUT2D eigenvalue weighted by atomic mass is 9.89. The number of H-pyrrole nitrogens is 1. The van der Waals surface area contributed by atoms with Crippen LogP contribution in [0.1, 0.15) is 85.2 Å². The molecule has 172 valence electrons. The van der Waals surface area contributed by atoms with Gasteiger partial charge in [-0.25, -0.2) is 0 Å². The van der Waals surface area contributed by atoms with Crippen molar-refractivity contribution in [2.75, 3.05) is 19.7 Å². The molecule has 1 N–H and O–H groups in total. The highest BCUT2D eigenvalue weighted by atomic mass is 16.5. The molecule has 2 saturated heterocycles. The predicted octanol–water partition coefficient (Wildman–Crippen LogP) is 4.23. The number of hydrogen-bond acceptors (Lipinski definition) is 4. The van der Waals surface area contributed by atoms with E-state index in [2.05, 4.69) is 24.0 Å². The van der Waals surface area contributed by atoms with Gasteiger partial charge in [-0.2, -0.15) is 5.10 Å². The molecule has 2 aromatic rings. The lowest BCUT2D eigenvalue weighted by Gasteiger charge is -2.39. The van der Waals surface area contributed by atoms with Gasteiger partial charge in [-0.15, -0.1) is 0 Å². The highest BCUT2D eigenvalue weighted by Crippen LogP contribution is 2.32. The van der Waals surface area contributed by atoms with E-state index in [0.29, 0.717) is 36.6 Å². The number of ether oxygens (including phenoxy) is 1. The third-order valence-corrected chi connectivity index (χ3v) is 6.93. The highest BCUT2D eigenvalue weighted by molar-refractivity contribution is 5.97. The normalized spacial score (nSPS) is 22.1. The van der Waals surface area contributed by atoms with Gasteiger partial charge in [0, 0.05) is 31.1 Å². The van der Waals surface area contributed by atoms with Gasteiger partial charge in [0.2, 0.25) is 0 Å². The van der Waals surface area contributed by atoms with Crippen molar-refractivity contribution in [1.82, 2.24) is 20.0 Å². The Morgan fingerprint density at radius 3 is 2.41 bits per heavy atom. The molecule has 4 rings (SSSR count). The molecule has 32 heavy (non-hydrogen) atoms. The summed E-state index contributed by atoms with van der Waals surface area (Å²) >= 11 is 0. The number of likely N-dealkylation sites (tertiary alicyclic amines) is 2. The number of aromatic amines is 1. The van der Waals surface area contributed by atoms with Crippen molar-refractivity contribution in [3.8, 4) is 5.75 Å². The van der Waals surface area contributed by atoms with E-state index >= 15 is 0 Å². The van der Waals surface area contributed by atoms with Crippen LogP contribution in [0.5, 0.6) is 5.75 Å². The molecular weight excluding hydrogens is 404 g/mol. The van der Waals surface area contributed by atoms with Crippen LogP contribution < -0.4 is 4.74 Å². The van der Waals surface area contributed by atoms with Gasteiger partial charge in [0.1, 0.15) is 5.75 Å². The Kier molecular flexibility index (Phi) is 6.82. The molecule has 2 aliphatic heterocycles. The van der Waals surface area contributed by atoms with E-state index in [0.717, 1.165) is 31.4 Å². The Balaban J connectivity index is 1.44. The quantitative estimate of drug-likeness (QED) is 0.758. The first kappa shape index (κ1) is 22.4. The molecule has 2 aliphatic rings. The molecule has 0 bridgehead atoms. The summed E-state index contributed by atoms with van der Waals surface area (Å²) in [6.45, 7) is 8.01. The molecular formula is C25H34N4O3. The SMILES string of the molecule is CCOc1ccccc1C(=O)N1CCC(c2[nH]ncc2C(=O)N2[C@H](C)CCC[C@@H]2C)CC1. The molecule has 0 unspecified atom stereocenters. The van der Waals surface area contributed by atoms with Crippen LogP contribution in [0.2, 0.25) is 0 Å². The molecule has 0 radical (unpaired) electrons. The number of carbonyl (C=O) groups is 2. The summed E-state index contributed by atoms with van der Waals surface area (Å²) in [5.41, 5.74) is 2.22. The van der Waals surface area contributed by atoms with Gasteiger partial charge < -0.3 is 14.5 Å². The van der Waals surface area contributed by atoms with E-state index in [-0.39, 0.29) is 29.8 Å². The number of amides is 2. The van der Waals surface area contributed by atoms with E-state index in [9.17, 15) is 9.59 Å². The van der Waals surface area contributed by atoms with Crippen molar-refractivity contribution in [2.24, 2.45) is 0 Å². The van der Waals surface area contributed by atoms with Gasteiger partial charge in [-0.3, -0.25) is 14.7 Å². The highest BCUT2D eigenvalue weighted by Gasteiger charge is 2.34. The van der Waals surface area contributed by atoms with Gasteiger partial charge in [0.15, 0.2) is 0 Å². The van der Waals surface area contributed by atoms with Crippen LogP contribution in [0.15, 0.2) is 30.5 Å². The standard InChI is InChI=1S/C25H34N4O3/c1-4-32-22-11-6-5-10-20(22)24(30)28-14-12-19(13-15-28)23-21(16-26-27-23)25(31)29-17(2)8-7-9-18(29)3/h5-6,10-11,16-19H,4,7-9,12-15H2,1-3H3,(H,26,27)/t17-,18+. The summed E-state index contributed by atoms with van der Waals surface area (Å²) in [7, 11) is 0. The topological polar surface area (TPSA) is 78.5 Å². The number of hydrogen-bond donors (Lipinski definition) is 1. The monoisotopic (exact) mass is 438 g/mol. The van der Waals surface area contributed by atoms with E-state index in [1.165, 1.54) is 6.42 Å². The first-order valence-electron chi connectivity index (χ1n) is 11.9. The van der Waals surface area contributed by atoms with Crippen molar-refractivity contribution in [3.05, 3.63) is 47.3 Å². The van der Waals surface area contributed by atoms with Crippen LogP contribution >= 0.6 is 0 Å². The number of nitrogens with zero attached hydrogens (tertiary/aromatic N) is 3. The number of benzene rings is 1. The van der Waals surface area contributed by atoms with Gasteiger partial charge in [-0.05, 0) is 65.0 Å². The van der Waals surface area contributed by atoms with Crippen LogP contribution in [-0.4, -0.2) is 63.6 Å². The van der Waals surface area contributed by atoms with Crippen LogP contribution in [-0.2, 0) is 0 Å². The lowest BCUT2D eigenvalue weighted by Crippen LogP contribution is -2.47. The van der Waals surface area contributed by atoms with Gasteiger partial charge in [0.25, 0.3) is 11.8 Å². The maximum atomic E-state index is 13.4. The minimum absolute atomic E-state index is 0.00405. The smallest absolute Gasteiger partial charge is 0.257 e. The fourth-order valence-corrected chi connectivity index (χ4v) is 5.20. The molecule has 0 saturated carbocycles. The molecule has 0 spiro atoms.